The number of fused-ring (bicyclic) bond motifs is 1. The molecule has 10 heteroatoms. The Balaban J connectivity index is 1.31. The zero-order valence-corrected chi connectivity index (χ0v) is 17.8. The molecule has 1 fully saturated rings. The number of nitrogens with zero attached hydrogens (tertiary/aromatic N) is 4. The van der Waals surface area contributed by atoms with E-state index < -0.39 is 5.76 Å². The molecule has 5 rings (SSSR count). The summed E-state index contributed by atoms with van der Waals surface area (Å²) in [6.45, 7) is 6.94. The second-order valence-corrected chi connectivity index (χ2v) is 7.91. The number of piperazine rings is 1. The summed E-state index contributed by atoms with van der Waals surface area (Å²) in [6, 6.07) is 9.80. The number of hydrogen-bond acceptors (Lipinski definition) is 9. The molecule has 1 saturated heterocycles. The molecule has 1 aliphatic rings. The quantitative estimate of drug-likeness (QED) is 0.377. The third-order valence-corrected chi connectivity index (χ3v) is 5.35. The lowest BCUT2D eigenvalue weighted by atomic mass is 10.2. The maximum absolute atomic E-state index is 11.4. The van der Waals surface area contributed by atoms with Crippen LogP contribution in [0.25, 0.3) is 11.1 Å². The number of H-pyrrole nitrogens is 1. The number of aryl methyl sites for hydroxylation is 1. The van der Waals surface area contributed by atoms with Crippen molar-refractivity contribution in [1.82, 2.24) is 25.3 Å². The monoisotopic (exact) mass is 432 g/mol. The molecular formula is C22H24N8O2. The van der Waals surface area contributed by atoms with Gasteiger partial charge < -0.3 is 25.3 Å². The van der Waals surface area contributed by atoms with Gasteiger partial charge in [-0.15, -0.1) is 0 Å². The van der Waals surface area contributed by atoms with Crippen molar-refractivity contribution >= 4 is 40.1 Å². The molecule has 0 aliphatic carbocycles. The first-order valence-corrected chi connectivity index (χ1v) is 10.5. The van der Waals surface area contributed by atoms with E-state index >= 15 is 0 Å². The lowest BCUT2D eigenvalue weighted by molar-refractivity contribution is 0.482. The molecule has 0 radical (unpaired) electrons. The van der Waals surface area contributed by atoms with E-state index in [1.807, 2.05) is 25.1 Å². The SMILES string of the molecule is Cc1cnc(Nc2ccc(N3CCN[C@@H](C)C3)nc2)nc1Nc1ccc2oc(=O)[nH]c2c1. The highest BCUT2D eigenvalue weighted by atomic mass is 16.4. The lowest BCUT2D eigenvalue weighted by Crippen LogP contribution is -2.49. The minimum atomic E-state index is -0.479. The Morgan fingerprint density at radius 2 is 2.00 bits per heavy atom. The second kappa shape index (κ2) is 8.31. The maximum Gasteiger partial charge on any atom is 0.417 e. The highest BCUT2D eigenvalue weighted by Gasteiger charge is 2.16. The number of pyridine rings is 1. The smallest absolute Gasteiger partial charge is 0.408 e. The minimum absolute atomic E-state index is 0.449. The molecule has 4 N–H and O–H groups in total. The molecule has 10 nitrogen and oxygen atoms in total. The predicted molar refractivity (Wildman–Crippen MR) is 124 cm³/mol. The second-order valence-electron chi connectivity index (χ2n) is 7.91. The Kier molecular flexibility index (Phi) is 5.20. The first-order valence-electron chi connectivity index (χ1n) is 10.5. The van der Waals surface area contributed by atoms with E-state index in [9.17, 15) is 4.79 Å². The van der Waals surface area contributed by atoms with E-state index in [0.29, 0.717) is 28.9 Å². The maximum atomic E-state index is 11.4. The van der Waals surface area contributed by atoms with Crippen LogP contribution in [0.4, 0.5) is 29.0 Å². The van der Waals surface area contributed by atoms with Crippen molar-refractivity contribution in [2.24, 2.45) is 0 Å². The van der Waals surface area contributed by atoms with Crippen molar-refractivity contribution in [3.63, 3.8) is 0 Å². The summed E-state index contributed by atoms with van der Waals surface area (Å²) in [5.74, 6) is 1.60. The molecule has 4 heterocycles. The van der Waals surface area contributed by atoms with Crippen LogP contribution in [0, 0.1) is 6.92 Å². The Morgan fingerprint density at radius 1 is 1.12 bits per heavy atom. The number of benzene rings is 1. The molecule has 0 bridgehead atoms. The predicted octanol–water partition coefficient (Wildman–Crippen LogP) is 2.90. The first-order chi connectivity index (χ1) is 15.5. The van der Waals surface area contributed by atoms with Crippen molar-refractivity contribution in [1.29, 1.82) is 0 Å². The van der Waals surface area contributed by atoms with Gasteiger partial charge in [-0.2, -0.15) is 4.98 Å². The van der Waals surface area contributed by atoms with Gasteiger partial charge in [-0.3, -0.25) is 4.98 Å². The van der Waals surface area contributed by atoms with E-state index in [2.05, 4.69) is 47.7 Å². The zero-order chi connectivity index (χ0) is 22.1. The van der Waals surface area contributed by atoms with Crippen LogP contribution in [0.15, 0.2) is 51.9 Å². The van der Waals surface area contributed by atoms with E-state index in [1.54, 1.807) is 24.5 Å². The molecule has 0 saturated carbocycles. The molecule has 3 aromatic heterocycles. The summed E-state index contributed by atoms with van der Waals surface area (Å²) >= 11 is 0. The van der Waals surface area contributed by atoms with E-state index in [4.69, 9.17) is 4.42 Å². The Bertz CT molecular complexity index is 1300. The molecule has 0 unspecified atom stereocenters. The van der Waals surface area contributed by atoms with E-state index in [-0.39, 0.29) is 0 Å². The standard InChI is InChI=1S/C22H24N8O2/c1-13-10-25-21(27-16-4-6-19(24-11-16)30-8-7-23-14(2)12-30)29-20(13)26-15-3-5-18-17(9-15)28-22(31)32-18/h3-6,9-11,14,23H,7-8,12H2,1-2H3,(H,28,31)(H2,25,26,27,29)/t14-/m0/s1. The van der Waals surface area contributed by atoms with E-state index in [1.165, 1.54) is 0 Å². The number of rotatable bonds is 5. The van der Waals surface area contributed by atoms with Crippen LogP contribution in [0.2, 0.25) is 0 Å². The number of anilines is 5. The molecule has 32 heavy (non-hydrogen) atoms. The molecule has 164 valence electrons. The van der Waals surface area contributed by atoms with Gasteiger partial charge >= 0.3 is 5.76 Å². The summed E-state index contributed by atoms with van der Waals surface area (Å²) in [5, 5.41) is 9.92. The molecule has 0 amide bonds. The van der Waals surface area contributed by atoms with Gasteiger partial charge in [0.25, 0.3) is 0 Å². The van der Waals surface area contributed by atoms with Crippen LogP contribution in [0.3, 0.4) is 0 Å². The van der Waals surface area contributed by atoms with E-state index in [0.717, 1.165) is 42.4 Å². The third-order valence-electron chi connectivity index (χ3n) is 5.35. The fraction of sp³-hybridized carbons (Fsp3) is 0.273. The summed E-state index contributed by atoms with van der Waals surface area (Å²) in [4.78, 5) is 29.9. The van der Waals surface area contributed by atoms with Gasteiger partial charge in [0.2, 0.25) is 5.95 Å². The van der Waals surface area contributed by atoms with Crippen LogP contribution in [0.1, 0.15) is 12.5 Å². The fourth-order valence-corrected chi connectivity index (χ4v) is 3.71. The Hall–Kier alpha value is -3.92. The topological polar surface area (TPSA) is 124 Å². The van der Waals surface area contributed by atoms with Gasteiger partial charge in [-0.25, -0.2) is 14.8 Å². The number of nitrogens with one attached hydrogen (secondary N) is 4. The van der Waals surface area contributed by atoms with Gasteiger partial charge in [0.05, 0.1) is 17.4 Å². The van der Waals surface area contributed by atoms with Crippen molar-refractivity contribution < 1.29 is 4.42 Å². The number of hydrogen-bond donors (Lipinski definition) is 4. The van der Waals surface area contributed by atoms with Crippen LogP contribution in [-0.4, -0.2) is 45.6 Å². The normalized spacial score (nSPS) is 16.3. The Morgan fingerprint density at radius 3 is 2.81 bits per heavy atom. The first kappa shape index (κ1) is 20.0. The molecule has 0 spiro atoms. The molecule has 1 atom stereocenters. The lowest BCUT2D eigenvalue weighted by Gasteiger charge is -2.32. The largest absolute Gasteiger partial charge is 0.417 e. The van der Waals surface area contributed by atoms with Gasteiger partial charge in [0.1, 0.15) is 11.6 Å². The fourth-order valence-electron chi connectivity index (χ4n) is 3.71. The summed E-state index contributed by atoms with van der Waals surface area (Å²) in [7, 11) is 0. The summed E-state index contributed by atoms with van der Waals surface area (Å²) in [6.07, 6.45) is 3.54. The zero-order valence-electron chi connectivity index (χ0n) is 17.8. The third kappa shape index (κ3) is 4.26. The van der Waals surface area contributed by atoms with Crippen LogP contribution >= 0.6 is 0 Å². The highest BCUT2D eigenvalue weighted by Crippen LogP contribution is 2.24. The minimum Gasteiger partial charge on any atom is -0.408 e. The van der Waals surface area contributed by atoms with Gasteiger partial charge in [-0.1, -0.05) is 0 Å². The molecular weight excluding hydrogens is 408 g/mol. The Labute approximate surface area is 184 Å². The van der Waals surface area contributed by atoms with Crippen molar-refractivity contribution in [3.05, 3.63) is 58.8 Å². The molecule has 1 aliphatic heterocycles. The average molecular weight is 432 g/mol. The van der Waals surface area contributed by atoms with Crippen LogP contribution in [0.5, 0.6) is 0 Å². The van der Waals surface area contributed by atoms with Gasteiger partial charge in [0.15, 0.2) is 5.58 Å². The number of aromatic amines is 1. The highest BCUT2D eigenvalue weighted by molar-refractivity contribution is 5.78. The van der Waals surface area contributed by atoms with Gasteiger partial charge in [0, 0.05) is 43.1 Å². The average Bonchev–Trinajstić information content (AvgIpc) is 3.16. The van der Waals surface area contributed by atoms with Crippen molar-refractivity contribution in [2.75, 3.05) is 35.2 Å². The van der Waals surface area contributed by atoms with Crippen LogP contribution < -0.4 is 26.6 Å². The van der Waals surface area contributed by atoms with Crippen molar-refractivity contribution in [3.8, 4) is 0 Å². The van der Waals surface area contributed by atoms with Crippen LogP contribution in [-0.2, 0) is 0 Å². The molecule has 1 aromatic carbocycles. The van der Waals surface area contributed by atoms with Crippen molar-refractivity contribution in [2.45, 2.75) is 19.9 Å². The molecule has 4 aromatic rings. The number of oxazole rings is 1. The summed E-state index contributed by atoms with van der Waals surface area (Å²) < 4.78 is 5.05. The van der Waals surface area contributed by atoms with Gasteiger partial charge in [-0.05, 0) is 44.2 Å². The number of aromatic nitrogens is 4. The summed E-state index contributed by atoms with van der Waals surface area (Å²) in [5.41, 5.74) is 3.60.